The average molecular weight is 226 g/mol. The normalized spacial score (nSPS) is 31.2. The average Bonchev–Trinajstić information content (AvgIpc) is 2.17. The van der Waals surface area contributed by atoms with Crippen LogP contribution < -0.4 is 11.1 Å². The topological polar surface area (TPSA) is 55.1 Å². The lowest BCUT2D eigenvalue weighted by atomic mass is 9.70. The summed E-state index contributed by atoms with van der Waals surface area (Å²) in [4.78, 5) is 12.3. The van der Waals surface area contributed by atoms with Crippen LogP contribution in [0.1, 0.15) is 53.4 Å². The van der Waals surface area contributed by atoms with Gasteiger partial charge in [-0.1, -0.05) is 6.92 Å². The molecule has 0 spiro atoms. The summed E-state index contributed by atoms with van der Waals surface area (Å²) in [5.74, 6) is 0.886. The van der Waals surface area contributed by atoms with Crippen molar-refractivity contribution in [2.24, 2.45) is 17.1 Å². The van der Waals surface area contributed by atoms with Crippen LogP contribution in [0.25, 0.3) is 0 Å². The van der Waals surface area contributed by atoms with E-state index in [1.54, 1.807) is 0 Å². The molecule has 1 aliphatic rings. The molecule has 0 aromatic carbocycles. The van der Waals surface area contributed by atoms with Gasteiger partial charge in [0.15, 0.2) is 0 Å². The Bertz CT molecular complexity index is 247. The molecule has 3 N–H and O–H groups in total. The summed E-state index contributed by atoms with van der Waals surface area (Å²) in [6.45, 7) is 8.77. The van der Waals surface area contributed by atoms with Crippen LogP contribution in [-0.2, 0) is 4.79 Å². The molecule has 1 rings (SSSR count). The molecule has 3 nitrogen and oxygen atoms in total. The van der Waals surface area contributed by atoms with Crippen LogP contribution >= 0.6 is 0 Å². The Morgan fingerprint density at radius 1 is 1.38 bits per heavy atom. The van der Waals surface area contributed by atoms with Gasteiger partial charge in [-0.2, -0.15) is 0 Å². The van der Waals surface area contributed by atoms with E-state index in [0.29, 0.717) is 6.54 Å². The summed E-state index contributed by atoms with van der Waals surface area (Å²) < 4.78 is 0. The standard InChI is InChI=1S/C13H26N2O/c1-10-5-7-13(9-14,8-6-10)11(16)15-12(2,3)4/h10H,5-9,14H2,1-4H3,(H,15,16). The third-order valence-corrected chi connectivity index (χ3v) is 3.59. The summed E-state index contributed by atoms with van der Waals surface area (Å²) in [6.07, 6.45) is 4.11. The molecular weight excluding hydrogens is 200 g/mol. The van der Waals surface area contributed by atoms with E-state index in [1.165, 1.54) is 0 Å². The van der Waals surface area contributed by atoms with Gasteiger partial charge in [0, 0.05) is 12.1 Å². The van der Waals surface area contributed by atoms with Crippen molar-refractivity contribution in [1.82, 2.24) is 5.32 Å². The van der Waals surface area contributed by atoms with Gasteiger partial charge in [0.1, 0.15) is 0 Å². The van der Waals surface area contributed by atoms with E-state index < -0.39 is 0 Å². The summed E-state index contributed by atoms with van der Waals surface area (Å²) in [5, 5.41) is 3.08. The summed E-state index contributed by atoms with van der Waals surface area (Å²) >= 11 is 0. The van der Waals surface area contributed by atoms with Gasteiger partial charge in [0.25, 0.3) is 0 Å². The van der Waals surface area contributed by atoms with Crippen LogP contribution in [0.2, 0.25) is 0 Å². The van der Waals surface area contributed by atoms with E-state index in [-0.39, 0.29) is 16.9 Å². The monoisotopic (exact) mass is 226 g/mol. The lowest BCUT2D eigenvalue weighted by Crippen LogP contribution is -2.53. The molecule has 0 unspecified atom stereocenters. The van der Waals surface area contributed by atoms with Gasteiger partial charge in [0.05, 0.1) is 5.41 Å². The van der Waals surface area contributed by atoms with Crippen molar-refractivity contribution < 1.29 is 4.79 Å². The van der Waals surface area contributed by atoms with Crippen molar-refractivity contribution in [3.8, 4) is 0 Å². The van der Waals surface area contributed by atoms with Crippen molar-refractivity contribution in [3.05, 3.63) is 0 Å². The molecule has 94 valence electrons. The van der Waals surface area contributed by atoms with E-state index in [4.69, 9.17) is 5.73 Å². The molecule has 0 aromatic heterocycles. The molecular formula is C13H26N2O. The van der Waals surface area contributed by atoms with E-state index in [1.807, 2.05) is 20.8 Å². The molecule has 0 radical (unpaired) electrons. The number of amides is 1. The van der Waals surface area contributed by atoms with Crippen LogP contribution in [0.5, 0.6) is 0 Å². The van der Waals surface area contributed by atoms with Gasteiger partial charge in [-0.25, -0.2) is 0 Å². The Hall–Kier alpha value is -0.570. The minimum absolute atomic E-state index is 0.148. The molecule has 1 fully saturated rings. The molecule has 0 aliphatic heterocycles. The Kier molecular flexibility index (Phi) is 4.00. The second-order valence-electron chi connectivity index (χ2n) is 6.37. The lowest BCUT2D eigenvalue weighted by molar-refractivity contribution is -0.134. The molecule has 1 amide bonds. The van der Waals surface area contributed by atoms with Crippen LogP contribution in [0.15, 0.2) is 0 Å². The fraction of sp³-hybridized carbons (Fsp3) is 0.923. The van der Waals surface area contributed by atoms with Crippen molar-refractivity contribution in [1.29, 1.82) is 0 Å². The van der Waals surface area contributed by atoms with Crippen molar-refractivity contribution >= 4 is 5.91 Å². The number of nitrogens with two attached hydrogens (primary N) is 1. The van der Waals surface area contributed by atoms with Gasteiger partial charge >= 0.3 is 0 Å². The predicted molar refractivity (Wildman–Crippen MR) is 67.0 cm³/mol. The second-order valence-corrected chi connectivity index (χ2v) is 6.37. The first-order valence-electron chi connectivity index (χ1n) is 6.32. The smallest absolute Gasteiger partial charge is 0.227 e. The van der Waals surface area contributed by atoms with Gasteiger partial charge in [0.2, 0.25) is 5.91 Å². The Labute approximate surface area is 99.2 Å². The van der Waals surface area contributed by atoms with Crippen LogP contribution in [0, 0.1) is 11.3 Å². The van der Waals surface area contributed by atoms with Gasteiger partial charge in [-0.3, -0.25) is 4.79 Å². The predicted octanol–water partition coefficient (Wildman–Crippen LogP) is 2.06. The zero-order valence-corrected chi connectivity index (χ0v) is 11.1. The second kappa shape index (κ2) is 4.74. The molecule has 1 saturated carbocycles. The number of nitrogens with one attached hydrogen (secondary N) is 1. The van der Waals surface area contributed by atoms with E-state index in [9.17, 15) is 4.79 Å². The van der Waals surface area contributed by atoms with E-state index in [2.05, 4.69) is 12.2 Å². The first-order chi connectivity index (χ1) is 7.29. The maximum atomic E-state index is 12.3. The first kappa shape index (κ1) is 13.5. The molecule has 0 saturated heterocycles. The minimum Gasteiger partial charge on any atom is -0.351 e. The number of carbonyl (C=O) groups is 1. The molecule has 16 heavy (non-hydrogen) atoms. The highest BCUT2D eigenvalue weighted by molar-refractivity contribution is 5.83. The zero-order chi connectivity index (χ0) is 12.4. The number of hydrogen-bond donors (Lipinski definition) is 2. The summed E-state index contributed by atoms with van der Waals surface area (Å²) in [5.41, 5.74) is 5.37. The fourth-order valence-electron chi connectivity index (χ4n) is 2.31. The largest absolute Gasteiger partial charge is 0.351 e. The summed E-state index contributed by atoms with van der Waals surface area (Å²) in [6, 6.07) is 0. The van der Waals surface area contributed by atoms with Gasteiger partial charge in [-0.15, -0.1) is 0 Å². The third kappa shape index (κ3) is 3.21. The van der Waals surface area contributed by atoms with Crippen molar-refractivity contribution in [3.63, 3.8) is 0 Å². The highest BCUT2D eigenvalue weighted by Crippen LogP contribution is 2.38. The molecule has 0 bridgehead atoms. The van der Waals surface area contributed by atoms with Crippen LogP contribution in [0.4, 0.5) is 0 Å². The number of carbonyl (C=O) groups excluding carboxylic acids is 1. The molecule has 0 aromatic rings. The summed E-state index contributed by atoms with van der Waals surface area (Å²) in [7, 11) is 0. The van der Waals surface area contributed by atoms with Crippen molar-refractivity contribution in [2.75, 3.05) is 6.54 Å². The maximum Gasteiger partial charge on any atom is 0.227 e. The van der Waals surface area contributed by atoms with Crippen LogP contribution in [-0.4, -0.2) is 18.0 Å². The Morgan fingerprint density at radius 2 is 1.88 bits per heavy atom. The fourth-order valence-corrected chi connectivity index (χ4v) is 2.31. The van der Waals surface area contributed by atoms with Gasteiger partial charge < -0.3 is 11.1 Å². The first-order valence-corrected chi connectivity index (χ1v) is 6.32. The zero-order valence-electron chi connectivity index (χ0n) is 11.1. The highest BCUT2D eigenvalue weighted by atomic mass is 16.2. The SMILES string of the molecule is CC1CCC(CN)(C(=O)NC(C)(C)C)CC1. The van der Waals surface area contributed by atoms with E-state index in [0.717, 1.165) is 31.6 Å². The Morgan fingerprint density at radius 3 is 2.25 bits per heavy atom. The number of rotatable bonds is 2. The maximum absolute atomic E-state index is 12.3. The molecule has 0 heterocycles. The lowest BCUT2D eigenvalue weighted by Gasteiger charge is -2.39. The molecule has 0 atom stereocenters. The van der Waals surface area contributed by atoms with E-state index >= 15 is 0 Å². The highest BCUT2D eigenvalue weighted by Gasteiger charge is 2.40. The van der Waals surface area contributed by atoms with Crippen molar-refractivity contribution in [2.45, 2.75) is 58.9 Å². The third-order valence-electron chi connectivity index (χ3n) is 3.59. The Balaban J connectivity index is 2.69. The number of hydrogen-bond acceptors (Lipinski definition) is 2. The van der Waals surface area contributed by atoms with Crippen LogP contribution in [0.3, 0.4) is 0 Å². The van der Waals surface area contributed by atoms with Gasteiger partial charge in [-0.05, 0) is 52.4 Å². The quantitative estimate of drug-likeness (QED) is 0.757. The molecule has 1 aliphatic carbocycles. The molecule has 3 heteroatoms. The minimum atomic E-state index is -0.306.